The van der Waals surface area contributed by atoms with Crippen molar-refractivity contribution in [3.63, 3.8) is 0 Å². The highest BCUT2D eigenvalue weighted by atomic mass is 32.2. The monoisotopic (exact) mass is 260 g/mol. The summed E-state index contributed by atoms with van der Waals surface area (Å²) in [5.74, 6) is 1.09. The maximum absolute atomic E-state index is 12.1. The maximum atomic E-state index is 12.1. The summed E-state index contributed by atoms with van der Waals surface area (Å²) in [6, 6.07) is 9.95. The highest BCUT2D eigenvalue weighted by Crippen LogP contribution is 2.18. The van der Waals surface area contributed by atoms with E-state index in [1.165, 1.54) is 0 Å². The van der Waals surface area contributed by atoms with Crippen molar-refractivity contribution in [1.82, 2.24) is 9.55 Å². The average Bonchev–Trinajstić information content (AvgIpc) is 2.86. The first kappa shape index (κ1) is 12.9. The molecule has 0 amide bonds. The van der Waals surface area contributed by atoms with Crippen LogP contribution in [0.25, 0.3) is 0 Å². The average molecular weight is 260 g/mol. The van der Waals surface area contributed by atoms with Crippen LogP contribution in [0.2, 0.25) is 0 Å². The number of carbonyl (C=O) groups excluding carboxylic acids is 1. The van der Waals surface area contributed by atoms with Gasteiger partial charge in [-0.1, -0.05) is 25.1 Å². The zero-order valence-corrected chi connectivity index (χ0v) is 11.2. The van der Waals surface area contributed by atoms with Crippen molar-refractivity contribution in [3.05, 3.63) is 48.5 Å². The molecule has 0 atom stereocenters. The number of aryl methyl sites for hydroxylation is 1. The van der Waals surface area contributed by atoms with Crippen molar-refractivity contribution in [3.8, 4) is 0 Å². The van der Waals surface area contributed by atoms with E-state index in [4.69, 9.17) is 0 Å². The van der Waals surface area contributed by atoms with Crippen molar-refractivity contribution in [1.29, 1.82) is 0 Å². The number of hydrogen-bond donors (Lipinski definition) is 0. The Morgan fingerprint density at radius 1 is 1.33 bits per heavy atom. The zero-order chi connectivity index (χ0) is 12.8. The fourth-order valence-electron chi connectivity index (χ4n) is 1.71. The van der Waals surface area contributed by atoms with Crippen LogP contribution < -0.4 is 0 Å². The third kappa shape index (κ3) is 3.23. The molecule has 0 aliphatic rings. The Morgan fingerprint density at radius 2 is 2.11 bits per heavy atom. The number of benzene rings is 1. The van der Waals surface area contributed by atoms with E-state index in [1.54, 1.807) is 18.0 Å². The van der Waals surface area contributed by atoms with E-state index >= 15 is 0 Å². The lowest BCUT2D eigenvalue weighted by Gasteiger charge is -2.05. The molecule has 1 heterocycles. The Hall–Kier alpha value is -1.55. The molecule has 0 bridgehead atoms. The molecule has 94 valence electrons. The summed E-state index contributed by atoms with van der Waals surface area (Å²) in [5, 5.41) is 0. The summed E-state index contributed by atoms with van der Waals surface area (Å²) in [6.07, 6.45) is 4.56. The molecule has 0 radical (unpaired) electrons. The molecule has 0 N–H and O–H groups in total. The van der Waals surface area contributed by atoms with Crippen LogP contribution in [0.1, 0.15) is 24.0 Å². The lowest BCUT2D eigenvalue weighted by molar-refractivity contribution is 0.100. The lowest BCUT2D eigenvalue weighted by atomic mass is 10.4. The first-order chi connectivity index (χ1) is 8.81. The molecule has 0 fully saturated rings. The van der Waals surface area contributed by atoms with Gasteiger partial charge in [-0.2, -0.15) is 0 Å². The predicted molar refractivity (Wildman–Crippen MR) is 74.0 cm³/mol. The van der Waals surface area contributed by atoms with Crippen LogP contribution in [0.15, 0.2) is 47.6 Å². The van der Waals surface area contributed by atoms with Crippen LogP contribution in [0.3, 0.4) is 0 Å². The molecular weight excluding hydrogens is 244 g/mol. The number of ketones is 1. The van der Waals surface area contributed by atoms with E-state index in [0.29, 0.717) is 11.6 Å². The number of thioether (sulfide) groups is 1. The van der Waals surface area contributed by atoms with Crippen LogP contribution in [0, 0.1) is 0 Å². The highest BCUT2D eigenvalue weighted by Gasteiger charge is 2.12. The normalized spacial score (nSPS) is 10.5. The second kappa shape index (κ2) is 6.40. The van der Waals surface area contributed by atoms with Crippen LogP contribution in [0.4, 0.5) is 0 Å². The molecule has 1 aromatic carbocycles. The van der Waals surface area contributed by atoms with Gasteiger partial charge in [0.2, 0.25) is 5.78 Å². The molecule has 0 saturated carbocycles. The largest absolute Gasteiger partial charge is 0.329 e. The Balaban J connectivity index is 1.97. The van der Waals surface area contributed by atoms with Crippen molar-refractivity contribution in [2.75, 3.05) is 5.75 Å². The topological polar surface area (TPSA) is 34.9 Å². The molecule has 0 aliphatic heterocycles. The molecule has 2 aromatic rings. The van der Waals surface area contributed by atoms with Crippen LogP contribution in [-0.4, -0.2) is 21.1 Å². The number of rotatable bonds is 6. The summed E-state index contributed by atoms with van der Waals surface area (Å²) in [5.41, 5.74) is 0. The third-order valence-electron chi connectivity index (χ3n) is 2.54. The molecular formula is C14H16N2OS. The molecule has 0 aliphatic carbocycles. The van der Waals surface area contributed by atoms with Gasteiger partial charge in [-0.15, -0.1) is 11.8 Å². The summed E-state index contributed by atoms with van der Waals surface area (Å²) < 4.78 is 1.92. The van der Waals surface area contributed by atoms with E-state index in [2.05, 4.69) is 11.9 Å². The molecule has 4 heteroatoms. The molecule has 18 heavy (non-hydrogen) atoms. The minimum atomic E-state index is 0.0855. The van der Waals surface area contributed by atoms with E-state index in [-0.39, 0.29) is 5.78 Å². The van der Waals surface area contributed by atoms with Crippen molar-refractivity contribution >= 4 is 17.5 Å². The third-order valence-corrected chi connectivity index (χ3v) is 3.55. The number of carbonyl (C=O) groups is 1. The van der Waals surface area contributed by atoms with Crippen molar-refractivity contribution < 1.29 is 4.79 Å². The molecule has 0 saturated heterocycles. The van der Waals surface area contributed by atoms with Gasteiger partial charge < -0.3 is 4.57 Å². The van der Waals surface area contributed by atoms with Crippen LogP contribution in [0.5, 0.6) is 0 Å². The Bertz CT molecular complexity index is 508. The molecule has 0 spiro atoms. The van der Waals surface area contributed by atoms with E-state index in [0.717, 1.165) is 17.9 Å². The number of Topliss-reactive ketones (excluding diaryl/α,β-unsaturated/α-hetero) is 1. The SMILES string of the molecule is CCCn1ccnc1C(=O)CSc1ccccc1. The first-order valence-corrected chi connectivity index (χ1v) is 7.02. The van der Waals surface area contributed by atoms with Gasteiger partial charge >= 0.3 is 0 Å². The number of hydrogen-bond acceptors (Lipinski definition) is 3. The van der Waals surface area contributed by atoms with Gasteiger partial charge in [0.1, 0.15) is 0 Å². The minimum absolute atomic E-state index is 0.0855. The van der Waals surface area contributed by atoms with Crippen molar-refractivity contribution in [2.45, 2.75) is 24.8 Å². The quantitative estimate of drug-likeness (QED) is 0.590. The summed E-state index contributed by atoms with van der Waals surface area (Å²) in [7, 11) is 0. The number of nitrogens with zero attached hydrogens (tertiary/aromatic N) is 2. The Labute approximate surface area is 111 Å². The summed E-state index contributed by atoms with van der Waals surface area (Å²) in [4.78, 5) is 17.3. The van der Waals surface area contributed by atoms with Gasteiger partial charge in [-0.3, -0.25) is 4.79 Å². The molecule has 2 rings (SSSR count). The first-order valence-electron chi connectivity index (χ1n) is 6.03. The fourth-order valence-corrected chi connectivity index (χ4v) is 2.49. The minimum Gasteiger partial charge on any atom is -0.329 e. The van der Waals surface area contributed by atoms with E-state index in [1.807, 2.05) is 41.1 Å². The number of aromatic nitrogens is 2. The van der Waals surface area contributed by atoms with E-state index < -0.39 is 0 Å². The fraction of sp³-hybridized carbons (Fsp3) is 0.286. The second-order valence-corrected chi connectivity index (χ2v) is 5.02. The van der Waals surface area contributed by atoms with Crippen LogP contribution in [-0.2, 0) is 6.54 Å². The number of imidazole rings is 1. The van der Waals surface area contributed by atoms with Gasteiger partial charge in [0.05, 0.1) is 5.75 Å². The van der Waals surface area contributed by atoms with Crippen molar-refractivity contribution in [2.24, 2.45) is 0 Å². The van der Waals surface area contributed by atoms with Gasteiger partial charge in [0.15, 0.2) is 5.82 Å². The molecule has 0 unspecified atom stereocenters. The van der Waals surface area contributed by atoms with Gasteiger partial charge in [-0.25, -0.2) is 4.98 Å². The van der Waals surface area contributed by atoms with E-state index in [9.17, 15) is 4.79 Å². The zero-order valence-electron chi connectivity index (χ0n) is 10.4. The van der Waals surface area contributed by atoms with Crippen LogP contribution >= 0.6 is 11.8 Å². The van der Waals surface area contributed by atoms with Gasteiger partial charge in [0.25, 0.3) is 0 Å². The smallest absolute Gasteiger partial charge is 0.208 e. The van der Waals surface area contributed by atoms with Gasteiger partial charge in [0, 0.05) is 23.8 Å². The summed E-state index contributed by atoms with van der Waals surface area (Å²) in [6.45, 7) is 2.93. The summed E-state index contributed by atoms with van der Waals surface area (Å²) >= 11 is 1.55. The van der Waals surface area contributed by atoms with Gasteiger partial charge in [-0.05, 0) is 18.6 Å². The standard InChI is InChI=1S/C14H16N2OS/c1-2-9-16-10-8-15-14(16)13(17)11-18-12-6-4-3-5-7-12/h3-8,10H,2,9,11H2,1H3. The predicted octanol–water partition coefficient (Wildman–Crippen LogP) is 3.27. The molecule has 3 nitrogen and oxygen atoms in total. The maximum Gasteiger partial charge on any atom is 0.208 e. The highest BCUT2D eigenvalue weighted by molar-refractivity contribution is 8.00. The second-order valence-electron chi connectivity index (χ2n) is 3.97. The molecule has 1 aromatic heterocycles. The Kier molecular flexibility index (Phi) is 4.59. The lowest BCUT2D eigenvalue weighted by Crippen LogP contribution is -2.12. The Morgan fingerprint density at radius 3 is 2.83 bits per heavy atom.